The summed E-state index contributed by atoms with van der Waals surface area (Å²) in [5.41, 5.74) is 10.9. The minimum absolute atomic E-state index is 0.00415. The maximum Gasteiger partial charge on any atom is 0.259 e. The van der Waals surface area contributed by atoms with Crippen molar-refractivity contribution in [2.24, 2.45) is 0 Å². The number of nitrogens with zero attached hydrogens (tertiary/aromatic N) is 4. The molecule has 2 unspecified atom stereocenters. The number of phenols is 1. The second kappa shape index (κ2) is 39.8. The molecular weight excluding hydrogens is 1750 g/mol. The number of rotatable bonds is 17. The van der Waals surface area contributed by atoms with Crippen molar-refractivity contribution >= 4 is 174 Å². The van der Waals surface area contributed by atoms with E-state index in [0.717, 1.165) is 111 Å². The molecule has 2 fully saturated rings. The summed E-state index contributed by atoms with van der Waals surface area (Å²) in [5, 5.41) is 26.4. The quantitative estimate of drug-likeness (QED) is 0.0285. The molecule has 2 atom stereocenters. The third kappa shape index (κ3) is 18.3. The number of amides is 9. The molecule has 4 N–H and O–H groups in total. The first-order valence-electron chi connectivity index (χ1n) is 40.1. The molecule has 0 bridgehead atoms. The van der Waals surface area contributed by atoms with E-state index in [0.29, 0.717) is 106 Å². The van der Waals surface area contributed by atoms with Crippen LogP contribution in [-0.4, -0.2) is 122 Å². The lowest BCUT2D eigenvalue weighted by Crippen LogP contribution is -2.53. The van der Waals surface area contributed by atoms with Gasteiger partial charge in [-0.2, -0.15) is 0 Å². The van der Waals surface area contributed by atoms with Crippen LogP contribution in [0.25, 0.3) is 53.9 Å². The van der Waals surface area contributed by atoms with Crippen molar-refractivity contribution in [3.63, 3.8) is 0 Å². The van der Waals surface area contributed by atoms with E-state index in [1.807, 2.05) is 170 Å². The summed E-state index contributed by atoms with van der Waals surface area (Å²) in [6, 6.07) is 68.0. The molecule has 9 amide bonds. The molecule has 0 aromatic heterocycles. The van der Waals surface area contributed by atoms with Gasteiger partial charge in [-0.3, -0.25) is 63.5 Å². The highest BCUT2D eigenvalue weighted by Gasteiger charge is 2.42. The number of carbonyl (C=O) groups excluding carboxylic acids is 10. The first-order chi connectivity index (χ1) is 62.2. The van der Waals surface area contributed by atoms with Gasteiger partial charge in [0.25, 0.3) is 29.5 Å². The van der Waals surface area contributed by atoms with Crippen LogP contribution in [0.1, 0.15) is 105 Å². The predicted molar refractivity (Wildman–Crippen MR) is 499 cm³/mol. The Kier molecular flexibility index (Phi) is 27.6. The summed E-state index contributed by atoms with van der Waals surface area (Å²) in [7, 11) is 4.89. The van der Waals surface area contributed by atoms with Crippen LogP contribution in [0, 0.1) is 49.4 Å². The summed E-state index contributed by atoms with van der Waals surface area (Å²) in [5.74, 6) is 12.7. The second-order valence-corrected chi connectivity index (χ2v) is 31.0. The van der Waals surface area contributed by atoms with Gasteiger partial charge in [0, 0.05) is 100 Å². The zero-order chi connectivity index (χ0) is 90.4. The Balaban J connectivity index is 0.000000125. The molecule has 638 valence electrons. The number of piperidine rings is 2. The molecule has 0 radical (unpaired) electrons. The van der Waals surface area contributed by atoms with E-state index in [4.69, 9.17) is 54.1 Å². The Morgan fingerprint density at radius 1 is 0.406 bits per heavy atom. The van der Waals surface area contributed by atoms with Gasteiger partial charge in [-0.25, -0.2) is 0 Å². The fourth-order valence-electron chi connectivity index (χ4n) is 15.9. The van der Waals surface area contributed by atoms with Crippen molar-refractivity contribution in [2.75, 3.05) is 71.4 Å². The fourth-order valence-corrected chi connectivity index (χ4v) is 16.3. The number of anilines is 5. The lowest BCUT2D eigenvalue weighted by molar-refractivity contribution is -0.135. The number of hydrogen-bond acceptors (Lipinski definition) is 17. The van der Waals surface area contributed by atoms with Crippen LogP contribution in [0.5, 0.6) is 40.2 Å². The van der Waals surface area contributed by atoms with Gasteiger partial charge in [-0.15, -0.1) is 25.7 Å². The van der Waals surface area contributed by atoms with E-state index in [9.17, 15) is 53.1 Å². The molecule has 0 spiro atoms. The average Bonchev–Trinajstić information content (AvgIpc) is 1.63. The van der Waals surface area contributed by atoms with E-state index in [-0.39, 0.29) is 84.1 Å². The Bertz CT molecular complexity index is 6830. The van der Waals surface area contributed by atoms with Crippen LogP contribution >= 0.6 is 31.9 Å². The first-order valence-corrected chi connectivity index (χ1v) is 42.1. The van der Waals surface area contributed by atoms with E-state index in [2.05, 4.69) is 71.5 Å². The Hall–Kier alpha value is -15.7. The number of aldehydes is 1. The highest BCUT2D eigenvalue weighted by molar-refractivity contribution is 9.10. The number of aromatic hydroxyl groups is 1. The Morgan fingerprint density at radius 2 is 0.773 bits per heavy atom. The van der Waals surface area contributed by atoms with Gasteiger partial charge in [-0.1, -0.05) is 153 Å². The summed E-state index contributed by atoms with van der Waals surface area (Å²) in [6.07, 6.45) is 22.9. The number of halogens is 2. The van der Waals surface area contributed by atoms with Crippen molar-refractivity contribution in [3.8, 4) is 89.6 Å². The second-order valence-electron chi connectivity index (χ2n) is 29.4. The molecule has 0 saturated carbocycles. The number of phenolic OH excluding ortho intramolecular Hbond substituents is 1. The van der Waals surface area contributed by atoms with Gasteiger partial charge in [0.2, 0.25) is 23.6 Å². The number of alkyl halides is 2. The van der Waals surface area contributed by atoms with Crippen molar-refractivity contribution in [3.05, 3.63) is 275 Å². The number of imide groups is 2. The highest BCUT2D eigenvalue weighted by atomic mass is 79.9. The van der Waals surface area contributed by atoms with E-state index in [1.165, 1.54) is 4.90 Å². The Morgan fingerprint density at radius 3 is 1.20 bits per heavy atom. The van der Waals surface area contributed by atoms with Crippen LogP contribution < -0.4 is 64.0 Å². The lowest BCUT2D eigenvalue weighted by atomic mass is 10.0. The summed E-state index contributed by atoms with van der Waals surface area (Å²) < 4.78 is 32.2. The van der Waals surface area contributed by atoms with E-state index < -0.39 is 11.9 Å². The van der Waals surface area contributed by atoms with Gasteiger partial charge in [0.15, 0.2) is 6.29 Å². The highest BCUT2D eigenvalue weighted by Crippen LogP contribution is 2.47. The number of benzene rings is 13. The third-order valence-electron chi connectivity index (χ3n) is 21.8. The van der Waals surface area contributed by atoms with Crippen LogP contribution in [0.4, 0.5) is 28.4 Å². The Labute approximate surface area is 752 Å². The maximum atomic E-state index is 13.0. The normalized spacial score (nSPS) is 14.7. The van der Waals surface area contributed by atoms with Crippen molar-refractivity contribution < 1.29 is 81.5 Å². The number of ether oxygens (including phenoxy) is 6. The molecule has 20 rings (SSSR count). The molecule has 7 heterocycles. The van der Waals surface area contributed by atoms with Crippen LogP contribution in [0.3, 0.4) is 0 Å². The van der Waals surface area contributed by atoms with Crippen molar-refractivity contribution in [1.82, 2.24) is 10.6 Å². The minimum atomic E-state index is -0.696. The average molecular weight is 1830 g/mol. The molecular formula is C102H79Br2N7O17. The molecule has 7 aliphatic rings. The molecule has 2 saturated heterocycles. The zero-order valence-corrected chi connectivity index (χ0v) is 72.4. The topological polar surface area (TPSA) is 295 Å². The molecule has 13 aromatic carbocycles. The maximum absolute atomic E-state index is 13.0. The molecule has 128 heavy (non-hydrogen) atoms. The smallest absolute Gasteiger partial charge is 0.259 e. The van der Waals surface area contributed by atoms with Gasteiger partial charge >= 0.3 is 0 Å². The minimum Gasteiger partial charge on any atom is -0.507 e. The molecule has 13 aromatic rings. The number of methoxy groups -OCH3 is 3. The van der Waals surface area contributed by atoms with E-state index in [1.54, 1.807) is 90.6 Å². The number of hydrogen-bond donors (Lipinski definition) is 4. The van der Waals surface area contributed by atoms with Crippen LogP contribution in [-0.2, 0) is 38.8 Å². The molecule has 0 aliphatic carbocycles. The first kappa shape index (κ1) is 88.6. The van der Waals surface area contributed by atoms with E-state index >= 15 is 0 Å². The van der Waals surface area contributed by atoms with Gasteiger partial charge < -0.3 is 53.5 Å². The molecule has 24 nitrogen and oxygen atoms in total. The molecule has 26 heteroatoms. The SMILES string of the molecule is C#CCBr.C#CCOc1ccc2c3c(cccc13)C(=O)N2.C#CCOc1ccc2c3c(cccc13)C(=O)N2C1CCC(=O)NC1=O.C#CCOc1ccc2c3c(cccc13)C(=O)N2Cc1ccc(OC)cc1.COc1ccc(CN2C(=O)c3cccc4c(C=O)ccc2c34)cc1.COc1ccc(CN2C(=O)c3cccc4c(O)ccc2c34)cc1.O=C1CCC(Br)C(=O)N1. The lowest BCUT2D eigenvalue weighted by Gasteiger charge is -2.30. The number of nitrogens with one attached hydrogen (secondary N) is 3. The standard InChI is InChI=1S/C22H17NO3.C20H15NO3.C19H14N2O4.C19H15NO3.C14H9NO2.C5H6BrNO2.C3H3Br/c1-3-13-26-20-12-11-19-21-17(20)5-4-6-18(21)22(24)23(19)14-15-7-9-16(25-2)10-8-15;1-24-15-8-5-13(6-9-15)11-21-18-10-7-14(12-22)16-3-2-4-17(19(16)18)20(21)23;1-2-10-25-15-8-6-13-17-11(15)4-3-5-12(17)19(24)21(13)14-7-9-16(22)20-18(14)23;1-23-13-7-5-12(6-8-13)11-20-16-9-10-17(21)14-3-2-4-15(18(14)16)19(20)22;1-2-8-17-12-7-6-11-13-9(12)4-3-5-10(13)14(16)15-11;6-3-1-2-4(8)7-5(3)9;1-2-3-4/h1,4-12H,13-14H2,2H3;2-10,12H,11H2,1H3;1,3-6,8,14H,7,9-10H2,(H,20,22,23);2-10,21H,11H2,1H3;1,3-7H,8H2,(H,15,16);3H,1-2H2,(H,7,8,9);1H,3H2. The summed E-state index contributed by atoms with van der Waals surface area (Å²) >= 11 is 6.13. The van der Waals surface area contributed by atoms with Gasteiger partial charge in [0.05, 0.1) is 73.9 Å². The van der Waals surface area contributed by atoms with Gasteiger partial charge in [-0.05, 0) is 162 Å². The summed E-state index contributed by atoms with van der Waals surface area (Å²) in [6.45, 7) is 2.01. The monoisotopic (exact) mass is 1830 g/mol. The number of carbonyl (C=O) groups is 10. The number of terminal acetylenes is 4. The van der Waals surface area contributed by atoms with Crippen LogP contribution in [0.15, 0.2) is 224 Å². The fraction of sp³-hybridized carbons (Fsp3) is 0.157. The molecule has 7 aliphatic heterocycles. The third-order valence-corrected chi connectivity index (χ3v) is 23.0. The zero-order valence-electron chi connectivity index (χ0n) is 69.2. The van der Waals surface area contributed by atoms with Crippen LogP contribution in [0.2, 0.25) is 0 Å². The van der Waals surface area contributed by atoms with Crippen molar-refractivity contribution in [1.29, 1.82) is 0 Å². The van der Waals surface area contributed by atoms with Crippen molar-refractivity contribution in [2.45, 2.75) is 56.2 Å². The van der Waals surface area contributed by atoms with Gasteiger partial charge in [0.1, 0.15) is 66.1 Å². The predicted octanol–water partition coefficient (Wildman–Crippen LogP) is 16.8. The summed E-state index contributed by atoms with van der Waals surface area (Å²) in [4.78, 5) is 126. The largest absolute Gasteiger partial charge is 0.507 e.